The highest BCUT2D eigenvalue weighted by Gasteiger charge is 2.33. The molecule has 33 heavy (non-hydrogen) atoms. The molecule has 176 valence electrons. The van der Waals surface area contributed by atoms with Crippen LogP contribution in [0.3, 0.4) is 0 Å². The van der Waals surface area contributed by atoms with E-state index in [2.05, 4.69) is 0 Å². The molecule has 1 fully saturated rings. The Hall–Kier alpha value is -3.11. The van der Waals surface area contributed by atoms with Crippen molar-refractivity contribution in [2.45, 2.75) is 24.7 Å². The van der Waals surface area contributed by atoms with Gasteiger partial charge in [-0.3, -0.25) is 9.59 Å². The normalized spacial score (nSPS) is 15.1. The van der Waals surface area contributed by atoms with Gasteiger partial charge < -0.3 is 9.47 Å². The molecule has 1 aliphatic rings. The van der Waals surface area contributed by atoms with Crippen molar-refractivity contribution < 1.29 is 36.7 Å². The van der Waals surface area contributed by atoms with Crippen molar-refractivity contribution in [3.63, 3.8) is 0 Å². The number of ketones is 1. The molecule has 0 radical (unpaired) electrons. The predicted molar refractivity (Wildman–Crippen MR) is 116 cm³/mol. The lowest BCUT2D eigenvalue weighted by Crippen LogP contribution is -2.40. The van der Waals surface area contributed by atoms with E-state index in [-0.39, 0.29) is 48.6 Å². The number of ether oxygens (including phenoxy) is 2. The fourth-order valence-electron chi connectivity index (χ4n) is 3.43. The van der Waals surface area contributed by atoms with Crippen molar-refractivity contribution >= 4 is 27.7 Å². The second-order valence-electron chi connectivity index (χ2n) is 7.46. The minimum Gasteiger partial charge on any atom is -0.462 e. The van der Waals surface area contributed by atoms with E-state index in [9.17, 15) is 27.2 Å². The third kappa shape index (κ3) is 6.02. The van der Waals surface area contributed by atoms with Crippen LogP contribution < -0.4 is 0 Å². The first-order valence-electron chi connectivity index (χ1n) is 10.4. The second kappa shape index (κ2) is 10.7. The molecule has 3 rings (SSSR count). The van der Waals surface area contributed by atoms with Crippen molar-refractivity contribution in [3.8, 4) is 0 Å². The molecule has 10 heteroatoms. The van der Waals surface area contributed by atoms with Gasteiger partial charge in [-0.1, -0.05) is 0 Å². The molecule has 0 amide bonds. The van der Waals surface area contributed by atoms with Gasteiger partial charge in [-0.05, 0) is 68.3 Å². The first kappa shape index (κ1) is 24.5. The summed E-state index contributed by atoms with van der Waals surface area (Å²) >= 11 is 0. The zero-order chi connectivity index (χ0) is 24.0. The maximum Gasteiger partial charge on any atom is 0.338 e. The number of carbonyl (C=O) groups excluding carboxylic acids is 3. The maximum absolute atomic E-state index is 12.9. The largest absolute Gasteiger partial charge is 0.462 e. The molecule has 1 heterocycles. The highest BCUT2D eigenvalue weighted by molar-refractivity contribution is 7.89. The van der Waals surface area contributed by atoms with Crippen LogP contribution in [0.5, 0.6) is 0 Å². The van der Waals surface area contributed by atoms with Gasteiger partial charge in [0.1, 0.15) is 5.82 Å². The molecule has 0 aromatic heterocycles. The lowest BCUT2D eigenvalue weighted by atomic mass is 9.98. The molecule has 0 saturated carbocycles. The van der Waals surface area contributed by atoms with Crippen LogP contribution in [0, 0.1) is 11.7 Å². The molecular weight excluding hydrogens is 453 g/mol. The number of hydrogen-bond acceptors (Lipinski definition) is 7. The number of hydrogen-bond donors (Lipinski definition) is 0. The van der Waals surface area contributed by atoms with Crippen molar-refractivity contribution in [2.75, 3.05) is 26.3 Å². The summed E-state index contributed by atoms with van der Waals surface area (Å²) in [5, 5.41) is 0. The lowest BCUT2D eigenvalue weighted by Gasteiger charge is -2.30. The zero-order valence-corrected chi connectivity index (χ0v) is 18.8. The lowest BCUT2D eigenvalue weighted by molar-refractivity contribution is -0.148. The highest BCUT2D eigenvalue weighted by Crippen LogP contribution is 2.25. The Bertz CT molecular complexity index is 1110. The average Bonchev–Trinajstić information content (AvgIpc) is 2.83. The Balaban J connectivity index is 1.53. The average molecular weight is 478 g/mol. The van der Waals surface area contributed by atoms with Crippen molar-refractivity contribution in [3.05, 3.63) is 65.5 Å². The number of Topliss-reactive ketones (excluding diaryl/α,β-unsaturated/α-hetero) is 1. The number of benzene rings is 2. The van der Waals surface area contributed by atoms with Gasteiger partial charge in [-0.2, -0.15) is 4.31 Å². The first-order valence-corrected chi connectivity index (χ1v) is 11.9. The Morgan fingerprint density at radius 3 is 2.09 bits per heavy atom. The number of esters is 2. The molecule has 2 aromatic carbocycles. The van der Waals surface area contributed by atoms with E-state index < -0.39 is 46.1 Å². The van der Waals surface area contributed by atoms with Gasteiger partial charge in [0.25, 0.3) is 0 Å². The number of halogens is 1. The van der Waals surface area contributed by atoms with Crippen LogP contribution in [0.1, 0.15) is 40.5 Å². The predicted octanol–water partition coefficient (Wildman–Crippen LogP) is 2.83. The van der Waals surface area contributed by atoms with E-state index in [1.54, 1.807) is 6.92 Å². The van der Waals surface area contributed by atoms with Crippen molar-refractivity contribution in [2.24, 2.45) is 5.92 Å². The molecule has 0 aliphatic carbocycles. The summed E-state index contributed by atoms with van der Waals surface area (Å²) in [6, 6.07) is 10.4. The fraction of sp³-hybridized carbons (Fsp3) is 0.348. The summed E-state index contributed by atoms with van der Waals surface area (Å²) < 4.78 is 50.0. The van der Waals surface area contributed by atoms with Gasteiger partial charge in [0.15, 0.2) is 12.4 Å². The summed E-state index contributed by atoms with van der Waals surface area (Å²) in [7, 11) is -3.79. The minimum atomic E-state index is -3.79. The molecule has 8 nitrogen and oxygen atoms in total. The van der Waals surface area contributed by atoms with Crippen molar-refractivity contribution in [1.29, 1.82) is 0 Å². The van der Waals surface area contributed by atoms with E-state index in [0.29, 0.717) is 0 Å². The molecule has 0 spiro atoms. The quantitative estimate of drug-likeness (QED) is 0.425. The van der Waals surface area contributed by atoms with Crippen LogP contribution in [0.25, 0.3) is 0 Å². The molecule has 0 atom stereocenters. The maximum atomic E-state index is 12.9. The zero-order valence-electron chi connectivity index (χ0n) is 18.0. The monoisotopic (exact) mass is 477 g/mol. The van der Waals surface area contributed by atoms with E-state index in [4.69, 9.17) is 9.47 Å². The summed E-state index contributed by atoms with van der Waals surface area (Å²) in [4.78, 5) is 36.2. The van der Waals surface area contributed by atoms with E-state index in [1.165, 1.54) is 40.7 Å². The van der Waals surface area contributed by atoms with Crippen LogP contribution >= 0.6 is 0 Å². The molecule has 1 saturated heterocycles. The molecule has 0 bridgehead atoms. The van der Waals surface area contributed by atoms with Crippen LogP contribution in [0.2, 0.25) is 0 Å². The number of rotatable bonds is 8. The standard InChI is InChI=1S/C23H24FNO7S/c1-2-31-22(27)17-5-9-20(10-6-17)33(29,30)25-13-11-18(12-14-25)23(28)32-15-21(26)16-3-7-19(24)8-4-16/h3-10,18H,2,11-15H2,1H3. The summed E-state index contributed by atoms with van der Waals surface area (Å²) in [5.74, 6) is -2.54. The Labute approximate surface area is 191 Å². The summed E-state index contributed by atoms with van der Waals surface area (Å²) in [6.07, 6.45) is 0.507. The van der Waals surface area contributed by atoms with E-state index >= 15 is 0 Å². The summed E-state index contributed by atoms with van der Waals surface area (Å²) in [5.41, 5.74) is 0.492. The van der Waals surface area contributed by atoms with E-state index in [0.717, 1.165) is 12.1 Å². The molecule has 1 aliphatic heterocycles. The Morgan fingerprint density at radius 1 is 0.939 bits per heavy atom. The van der Waals surface area contributed by atoms with Gasteiger partial charge in [0, 0.05) is 18.7 Å². The smallest absolute Gasteiger partial charge is 0.338 e. The van der Waals surface area contributed by atoms with E-state index in [1.807, 2.05) is 0 Å². The third-order valence-electron chi connectivity index (χ3n) is 5.30. The van der Waals surface area contributed by atoms with Crippen molar-refractivity contribution in [1.82, 2.24) is 4.31 Å². The van der Waals surface area contributed by atoms with Crippen LogP contribution in [-0.4, -0.2) is 56.7 Å². The summed E-state index contributed by atoms with van der Waals surface area (Å²) in [6.45, 7) is 1.67. The Kier molecular flexibility index (Phi) is 7.93. The number of nitrogens with zero attached hydrogens (tertiary/aromatic N) is 1. The minimum absolute atomic E-state index is 0.0430. The van der Waals surface area contributed by atoms with Gasteiger partial charge in [-0.25, -0.2) is 17.6 Å². The Morgan fingerprint density at radius 2 is 1.52 bits per heavy atom. The first-order chi connectivity index (χ1) is 15.7. The number of carbonyl (C=O) groups is 3. The number of sulfonamides is 1. The molecule has 2 aromatic rings. The van der Waals surface area contributed by atoms with Crippen LogP contribution in [-0.2, 0) is 24.3 Å². The molecule has 0 unspecified atom stereocenters. The van der Waals surface area contributed by atoms with Gasteiger partial charge in [0.05, 0.1) is 23.0 Å². The van der Waals surface area contributed by atoms with Crippen LogP contribution in [0.15, 0.2) is 53.4 Å². The van der Waals surface area contributed by atoms with Gasteiger partial charge >= 0.3 is 11.9 Å². The SMILES string of the molecule is CCOC(=O)c1ccc(S(=O)(=O)N2CCC(C(=O)OCC(=O)c3ccc(F)cc3)CC2)cc1. The third-order valence-corrected chi connectivity index (χ3v) is 7.22. The second-order valence-corrected chi connectivity index (χ2v) is 9.40. The molecular formula is C23H24FNO7S. The number of piperidine rings is 1. The van der Waals surface area contributed by atoms with Gasteiger partial charge in [0.2, 0.25) is 10.0 Å². The highest BCUT2D eigenvalue weighted by atomic mass is 32.2. The fourth-order valence-corrected chi connectivity index (χ4v) is 4.90. The topological polar surface area (TPSA) is 107 Å². The molecule has 0 N–H and O–H groups in total. The van der Waals surface area contributed by atoms with Gasteiger partial charge in [-0.15, -0.1) is 0 Å². The van der Waals surface area contributed by atoms with Crippen LogP contribution in [0.4, 0.5) is 4.39 Å².